The summed E-state index contributed by atoms with van der Waals surface area (Å²) >= 11 is 1.64. The highest BCUT2D eigenvalue weighted by molar-refractivity contribution is 8.00. The van der Waals surface area contributed by atoms with E-state index in [1.165, 1.54) is 0 Å². The molecule has 0 N–H and O–H groups in total. The Hall–Kier alpha value is -1.51. The largest absolute Gasteiger partial charge is 0.385 e. The van der Waals surface area contributed by atoms with Crippen LogP contribution in [0.25, 0.3) is 0 Å². The summed E-state index contributed by atoms with van der Waals surface area (Å²) in [4.78, 5) is 13.8. The van der Waals surface area contributed by atoms with Gasteiger partial charge in [0.2, 0.25) is 5.91 Å². The first-order valence-electron chi connectivity index (χ1n) is 6.16. The van der Waals surface area contributed by atoms with Crippen LogP contribution in [0.2, 0.25) is 0 Å². The molecule has 1 fully saturated rings. The van der Waals surface area contributed by atoms with E-state index in [1.54, 1.807) is 31.0 Å². The van der Waals surface area contributed by atoms with Crippen molar-refractivity contribution in [2.75, 3.05) is 26.0 Å². The third kappa shape index (κ3) is 3.28. The Bertz CT molecular complexity index is 481. The first-order valence-corrected chi connectivity index (χ1v) is 7.21. The molecule has 1 aliphatic heterocycles. The van der Waals surface area contributed by atoms with Gasteiger partial charge in [0.1, 0.15) is 5.37 Å². The van der Waals surface area contributed by atoms with Crippen LogP contribution in [0.4, 0.5) is 0 Å². The highest BCUT2D eigenvalue weighted by Gasteiger charge is 2.32. The monoisotopic (exact) mass is 276 g/mol. The lowest BCUT2D eigenvalue weighted by Gasteiger charge is -2.24. The van der Waals surface area contributed by atoms with Gasteiger partial charge in [0.05, 0.1) is 17.4 Å². The molecule has 1 aliphatic rings. The van der Waals surface area contributed by atoms with E-state index in [0.717, 1.165) is 12.0 Å². The van der Waals surface area contributed by atoms with Gasteiger partial charge >= 0.3 is 0 Å². The molecule has 4 nitrogen and oxygen atoms in total. The van der Waals surface area contributed by atoms with E-state index in [-0.39, 0.29) is 11.3 Å². The van der Waals surface area contributed by atoms with Gasteiger partial charge in [-0.05, 0) is 24.1 Å². The molecule has 0 bridgehead atoms. The molecule has 0 saturated carbocycles. The van der Waals surface area contributed by atoms with Gasteiger partial charge in [0.25, 0.3) is 0 Å². The van der Waals surface area contributed by atoms with E-state index in [4.69, 9.17) is 10.00 Å². The van der Waals surface area contributed by atoms with Crippen molar-refractivity contribution < 1.29 is 9.53 Å². The molecule has 2 rings (SSSR count). The zero-order chi connectivity index (χ0) is 13.7. The highest BCUT2D eigenvalue weighted by Crippen LogP contribution is 2.38. The third-order valence-corrected chi connectivity index (χ3v) is 4.30. The van der Waals surface area contributed by atoms with Gasteiger partial charge in [-0.1, -0.05) is 12.1 Å². The fraction of sp³-hybridized carbons (Fsp3) is 0.429. The van der Waals surface area contributed by atoms with Gasteiger partial charge in [0, 0.05) is 20.3 Å². The molecule has 0 aromatic heterocycles. The zero-order valence-electron chi connectivity index (χ0n) is 10.8. The lowest BCUT2D eigenvalue weighted by molar-refractivity contribution is -0.128. The predicted octanol–water partition coefficient (Wildman–Crippen LogP) is 2.17. The molecule has 1 saturated heterocycles. The molecule has 5 heteroatoms. The van der Waals surface area contributed by atoms with Gasteiger partial charge in [-0.3, -0.25) is 4.79 Å². The quantitative estimate of drug-likeness (QED) is 0.773. The Kier molecular flexibility index (Phi) is 4.83. The highest BCUT2D eigenvalue weighted by atomic mass is 32.2. The first kappa shape index (κ1) is 13.9. The lowest BCUT2D eigenvalue weighted by atomic mass is 10.1. The second-order valence-corrected chi connectivity index (χ2v) is 5.40. The number of benzene rings is 1. The topological polar surface area (TPSA) is 53.3 Å². The van der Waals surface area contributed by atoms with Crippen LogP contribution < -0.4 is 0 Å². The van der Waals surface area contributed by atoms with Gasteiger partial charge in [0.15, 0.2) is 0 Å². The Balaban J connectivity index is 2.08. The Morgan fingerprint density at radius 2 is 2.21 bits per heavy atom. The molecule has 100 valence electrons. The smallest absolute Gasteiger partial charge is 0.233 e. The molecular formula is C14H16N2O2S. The number of carbonyl (C=O) groups excluding carboxylic acids is 1. The normalized spacial score (nSPS) is 18.6. The van der Waals surface area contributed by atoms with Crippen LogP contribution in [0.1, 0.15) is 22.9 Å². The fourth-order valence-corrected chi connectivity index (χ4v) is 3.29. The first-order chi connectivity index (χ1) is 9.26. The predicted molar refractivity (Wildman–Crippen MR) is 74.6 cm³/mol. The summed E-state index contributed by atoms with van der Waals surface area (Å²) in [6.07, 6.45) is 0.843. The minimum atomic E-state index is 0.0668. The Labute approximate surface area is 117 Å². The van der Waals surface area contributed by atoms with E-state index >= 15 is 0 Å². The van der Waals surface area contributed by atoms with E-state index < -0.39 is 0 Å². The van der Waals surface area contributed by atoms with Crippen molar-refractivity contribution in [3.05, 3.63) is 35.4 Å². The second kappa shape index (κ2) is 6.60. The number of nitriles is 1. The minimum absolute atomic E-state index is 0.0668. The van der Waals surface area contributed by atoms with E-state index in [0.29, 0.717) is 24.5 Å². The summed E-state index contributed by atoms with van der Waals surface area (Å²) in [5.41, 5.74) is 1.72. The van der Waals surface area contributed by atoms with E-state index in [9.17, 15) is 4.79 Å². The van der Waals surface area contributed by atoms with Crippen LogP contribution in [0.5, 0.6) is 0 Å². The van der Waals surface area contributed by atoms with Crippen LogP contribution >= 0.6 is 11.8 Å². The maximum absolute atomic E-state index is 11.9. The van der Waals surface area contributed by atoms with E-state index in [2.05, 4.69) is 6.07 Å². The van der Waals surface area contributed by atoms with Crippen molar-refractivity contribution in [1.82, 2.24) is 4.90 Å². The number of thioether (sulfide) groups is 1. The molecule has 1 heterocycles. The maximum Gasteiger partial charge on any atom is 0.233 e. The molecule has 1 amide bonds. The molecule has 0 spiro atoms. The standard InChI is InChI=1S/C14H16N2O2S/c1-18-8-2-7-16-13(17)10-19-14(16)12-5-3-11(9-15)4-6-12/h3-6,14H,2,7-8,10H2,1H3. The number of hydrogen-bond acceptors (Lipinski definition) is 4. The summed E-state index contributed by atoms with van der Waals surface area (Å²) in [7, 11) is 1.67. The number of hydrogen-bond donors (Lipinski definition) is 0. The molecule has 1 atom stereocenters. The fourth-order valence-electron chi connectivity index (χ4n) is 2.07. The Morgan fingerprint density at radius 1 is 1.47 bits per heavy atom. The van der Waals surface area contributed by atoms with Crippen LogP contribution in [-0.4, -0.2) is 36.8 Å². The van der Waals surface area contributed by atoms with Gasteiger partial charge in [-0.25, -0.2) is 0 Å². The molecule has 1 aromatic rings. The zero-order valence-corrected chi connectivity index (χ0v) is 11.7. The average Bonchev–Trinajstić information content (AvgIpc) is 2.81. The minimum Gasteiger partial charge on any atom is -0.385 e. The number of amides is 1. The number of nitrogens with zero attached hydrogens (tertiary/aromatic N) is 2. The van der Waals surface area contributed by atoms with Crippen molar-refractivity contribution in [3.8, 4) is 6.07 Å². The van der Waals surface area contributed by atoms with Crippen LogP contribution in [0.3, 0.4) is 0 Å². The van der Waals surface area contributed by atoms with Crippen molar-refractivity contribution in [3.63, 3.8) is 0 Å². The van der Waals surface area contributed by atoms with Crippen molar-refractivity contribution >= 4 is 17.7 Å². The lowest BCUT2D eigenvalue weighted by Crippen LogP contribution is -2.29. The molecule has 1 aromatic carbocycles. The average molecular weight is 276 g/mol. The summed E-state index contributed by atoms with van der Waals surface area (Å²) in [6.45, 7) is 1.37. The molecule has 19 heavy (non-hydrogen) atoms. The number of methoxy groups -OCH3 is 1. The number of rotatable bonds is 5. The summed E-state index contributed by atoms with van der Waals surface area (Å²) < 4.78 is 5.03. The molecular weight excluding hydrogens is 260 g/mol. The third-order valence-electron chi connectivity index (χ3n) is 3.04. The number of carbonyl (C=O) groups is 1. The van der Waals surface area contributed by atoms with Crippen molar-refractivity contribution in [2.24, 2.45) is 0 Å². The SMILES string of the molecule is COCCCN1C(=O)CSC1c1ccc(C#N)cc1. The van der Waals surface area contributed by atoms with Gasteiger partial charge < -0.3 is 9.64 Å². The van der Waals surface area contributed by atoms with Crippen LogP contribution in [0.15, 0.2) is 24.3 Å². The molecule has 0 radical (unpaired) electrons. The second-order valence-electron chi connectivity index (χ2n) is 4.33. The summed E-state index contributed by atoms with van der Waals surface area (Å²) in [6, 6.07) is 9.56. The van der Waals surface area contributed by atoms with E-state index in [1.807, 2.05) is 17.0 Å². The van der Waals surface area contributed by atoms with Crippen molar-refractivity contribution in [2.45, 2.75) is 11.8 Å². The van der Waals surface area contributed by atoms with Crippen LogP contribution in [-0.2, 0) is 9.53 Å². The van der Waals surface area contributed by atoms with Gasteiger partial charge in [-0.2, -0.15) is 5.26 Å². The summed E-state index contributed by atoms with van der Waals surface area (Å²) in [5.74, 6) is 0.702. The molecule has 1 unspecified atom stereocenters. The number of ether oxygens (including phenoxy) is 1. The summed E-state index contributed by atoms with van der Waals surface area (Å²) in [5, 5.41) is 8.86. The van der Waals surface area contributed by atoms with Crippen LogP contribution in [0, 0.1) is 11.3 Å². The van der Waals surface area contributed by atoms with Gasteiger partial charge in [-0.15, -0.1) is 11.8 Å². The Morgan fingerprint density at radius 3 is 2.84 bits per heavy atom. The maximum atomic E-state index is 11.9. The molecule has 0 aliphatic carbocycles. The van der Waals surface area contributed by atoms with Crippen molar-refractivity contribution in [1.29, 1.82) is 5.26 Å².